The number of nitrogens with one attached hydrogen (secondary N) is 1. The number of thiophene rings is 1. The summed E-state index contributed by atoms with van der Waals surface area (Å²) in [4.78, 5) is 0.810. The first-order valence-electron chi connectivity index (χ1n) is 5.14. The summed E-state index contributed by atoms with van der Waals surface area (Å²) in [6.07, 6.45) is 0. The van der Waals surface area contributed by atoms with Gasteiger partial charge >= 0.3 is 0 Å². The van der Waals surface area contributed by atoms with Crippen molar-refractivity contribution in [2.75, 3.05) is 6.54 Å². The Kier molecular flexibility index (Phi) is 5.32. The molecule has 0 saturated heterocycles. The normalized spacial score (nSPS) is 12.3. The quantitative estimate of drug-likeness (QED) is 0.781. The van der Waals surface area contributed by atoms with Crippen molar-refractivity contribution in [2.45, 2.75) is 18.7 Å². The maximum Gasteiger partial charge on any atom is 0.228 e. The van der Waals surface area contributed by atoms with E-state index in [0.717, 1.165) is 10.4 Å². The largest absolute Gasteiger partial charge is 0.320 e. The minimum atomic E-state index is -3.60. The summed E-state index contributed by atoms with van der Waals surface area (Å²) < 4.78 is 25.6. The Hall–Kier alpha value is -1.38. The lowest BCUT2D eigenvalue weighted by Crippen LogP contribution is -2.31. The first kappa shape index (κ1) is 14.7. The maximum absolute atomic E-state index is 11.6. The standard InChI is InChI=1S/C11H13N3O2S2/c1-9(7-13)18(15,16)14-8-11-10(3-2-5-12)4-6-17-11/h4,6,9,14H,5,8,12H2,1H3. The number of hydrogen-bond donors (Lipinski definition) is 2. The van der Waals surface area contributed by atoms with Gasteiger partial charge in [-0.1, -0.05) is 11.8 Å². The van der Waals surface area contributed by atoms with Crippen LogP contribution in [0.4, 0.5) is 0 Å². The molecule has 5 nitrogen and oxygen atoms in total. The summed E-state index contributed by atoms with van der Waals surface area (Å²) in [5, 5.41) is 9.35. The molecule has 0 amide bonds. The molecule has 0 aliphatic carbocycles. The molecule has 0 bridgehead atoms. The number of nitrogens with zero attached hydrogens (tertiary/aromatic N) is 1. The van der Waals surface area contributed by atoms with E-state index in [1.807, 2.05) is 11.4 Å². The van der Waals surface area contributed by atoms with Crippen LogP contribution in [0.3, 0.4) is 0 Å². The van der Waals surface area contributed by atoms with Crippen LogP contribution in [0.2, 0.25) is 0 Å². The van der Waals surface area contributed by atoms with E-state index in [2.05, 4.69) is 16.6 Å². The second-order valence-corrected chi connectivity index (χ2v) is 6.49. The van der Waals surface area contributed by atoms with E-state index in [9.17, 15) is 8.42 Å². The van der Waals surface area contributed by atoms with Gasteiger partial charge in [-0.25, -0.2) is 13.1 Å². The van der Waals surface area contributed by atoms with Crippen LogP contribution in [-0.4, -0.2) is 20.2 Å². The Balaban J connectivity index is 2.77. The minimum Gasteiger partial charge on any atom is -0.320 e. The van der Waals surface area contributed by atoms with Gasteiger partial charge in [0.2, 0.25) is 10.0 Å². The highest BCUT2D eigenvalue weighted by Crippen LogP contribution is 2.16. The highest BCUT2D eigenvalue weighted by atomic mass is 32.2. The minimum absolute atomic E-state index is 0.139. The van der Waals surface area contributed by atoms with Gasteiger partial charge in [-0.2, -0.15) is 5.26 Å². The van der Waals surface area contributed by atoms with Crippen LogP contribution in [0, 0.1) is 23.2 Å². The molecule has 0 radical (unpaired) electrons. The van der Waals surface area contributed by atoms with E-state index < -0.39 is 15.3 Å². The van der Waals surface area contributed by atoms with Crippen LogP contribution >= 0.6 is 11.3 Å². The predicted molar refractivity (Wildman–Crippen MR) is 71.1 cm³/mol. The van der Waals surface area contributed by atoms with Gasteiger partial charge in [-0.15, -0.1) is 11.3 Å². The lowest BCUT2D eigenvalue weighted by molar-refractivity contribution is 0.577. The van der Waals surface area contributed by atoms with E-state index in [0.29, 0.717) is 0 Å². The van der Waals surface area contributed by atoms with Crippen LogP contribution < -0.4 is 10.5 Å². The number of rotatable bonds is 4. The molecule has 96 valence electrons. The number of nitriles is 1. The lowest BCUT2D eigenvalue weighted by Gasteiger charge is -2.06. The first-order chi connectivity index (χ1) is 8.51. The molecule has 0 aromatic carbocycles. The smallest absolute Gasteiger partial charge is 0.228 e. The van der Waals surface area contributed by atoms with Crippen LogP contribution in [0.5, 0.6) is 0 Å². The molecule has 1 atom stereocenters. The van der Waals surface area contributed by atoms with Crippen molar-refractivity contribution in [1.82, 2.24) is 4.72 Å². The van der Waals surface area contributed by atoms with Crippen molar-refractivity contribution in [3.63, 3.8) is 0 Å². The molecule has 3 N–H and O–H groups in total. The third-order valence-corrected chi connectivity index (χ3v) is 4.66. The monoisotopic (exact) mass is 283 g/mol. The van der Waals surface area contributed by atoms with Crippen molar-refractivity contribution in [3.8, 4) is 17.9 Å². The fourth-order valence-electron chi connectivity index (χ4n) is 1.10. The Morgan fingerprint density at radius 2 is 2.33 bits per heavy atom. The molecule has 1 rings (SSSR count). The zero-order valence-electron chi connectivity index (χ0n) is 9.80. The van der Waals surface area contributed by atoms with Crippen molar-refractivity contribution in [2.24, 2.45) is 5.73 Å². The van der Waals surface area contributed by atoms with E-state index >= 15 is 0 Å². The fraction of sp³-hybridized carbons (Fsp3) is 0.364. The molecule has 0 fully saturated rings. The maximum atomic E-state index is 11.6. The van der Waals surface area contributed by atoms with E-state index in [1.165, 1.54) is 18.3 Å². The molecular formula is C11H13N3O2S2. The first-order valence-corrected chi connectivity index (χ1v) is 7.57. The molecule has 1 aromatic rings. The van der Waals surface area contributed by atoms with E-state index in [4.69, 9.17) is 11.0 Å². The Bertz CT molecular complexity index is 602. The summed E-state index contributed by atoms with van der Waals surface area (Å²) in [6, 6.07) is 3.50. The van der Waals surface area contributed by atoms with Crippen molar-refractivity contribution < 1.29 is 8.42 Å². The zero-order chi connectivity index (χ0) is 13.6. The summed E-state index contributed by atoms with van der Waals surface area (Å²) >= 11 is 1.41. The fourth-order valence-corrected chi connectivity index (χ4v) is 2.69. The van der Waals surface area contributed by atoms with E-state index in [1.54, 1.807) is 6.07 Å². The summed E-state index contributed by atoms with van der Waals surface area (Å²) in [6.45, 7) is 1.74. The molecule has 1 unspecified atom stereocenters. The highest BCUT2D eigenvalue weighted by Gasteiger charge is 2.19. The van der Waals surface area contributed by atoms with Gasteiger partial charge in [-0.05, 0) is 18.4 Å². The van der Waals surface area contributed by atoms with Gasteiger partial charge in [0, 0.05) is 17.0 Å². The summed E-state index contributed by atoms with van der Waals surface area (Å²) in [5.41, 5.74) is 6.04. The van der Waals surface area contributed by atoms with Crippen LogP contribution in [-0.2, 0) is 16.6 Å². The molecule has 18 heavy (non-hydrogen) atoms. The SMILES string of the molecule is CC(C#N)S(=O)(=O)NCc1sccc1C#CCN. The second kappa shape index (κ2) is 6.53. The van der Waals surface area contributed by atoms with Crippen LogP contribution in [0.25, 0.3) is 0 Å². The molecule has 1 aromatic heterocycles. The second-order valence-electron chi connectivity index (χ2n) is 3.40. The number of nitrogens with two attached hydrogens (primary N) is 1. The highest BCUT2D eigenvalue weighted by molar-refractivity contribution is 7.90. The topological polar surface area (TPSA) is 96.0 Å². The third-order valence-electron chi connectivity index (χ3n) is 2.15. The lowest BCUT2D eigenvalue weighted by atomic mass is 10.2. The van der Waals surface area contributed by atoms with Gasteiger partial charge in [0.1, 0.15) is 0 Å². The van der Waals surface area contributed by atoms with Crippen LogP contribution in [0.15, 0.2) is 11.4 Å². The number of hydrogen-bond acceptors (Lipinski definition) is 5. The average Bonchev–Trinajstić information content (AvgIpc) is 2.80. The molecule has 0 aliphatic rings. The molecular weight excluding hydrogens is 270 g/mol. The van der Waals surface area contributed by atoms with Gasteiger partial charge in [0.05, 0.1) is 12.6 Å². The van der Waals surface area contributed by atoms with Gasteiger partial charge in [0.25, 0.3) is 0 Å². The predicted octanol–water partition coefficient (Wildman–Crippen LogP) is 0.390. The van der Waals surface area contributed by atoms with Crippen LogP contribution in [0.1, 0.15) is 17.4 Å². The van der Waals surface area contributed by atoms with Crippen molar-refractivity contribution in [1.29, 1.82) is 5.26 Å². The molecule has 7 heteroatoms. The molecule has 0 spiro atoms. The van der Waals surface area contributed by atoms with Gasteiger partial charge < -0.3 is 5.73 Å². The zero-order valence-corrected chi connectivity index (χ0v) is 11.4. The Labute approximate surface area is 111 Å². The van der Waals surface area contributed by atoms with Crippen molar-refractivity contribution in [3.05, 3.63) is 21.9 Å². The summed E-state index contributed by atoms with van der Waals surface area (Å²) in [7, 11) is -3.60. The summed E-state index contributed by atoms with van der Waals surface area (Å²) in [5.74, 6) is 5.58. The molecule has 1 heterocycles. The number of sulfonamides is 1. The Morgan fingerprint density at radius 1 is 1.61 bits per heavy atom. The molecule has 0 saturated carbocycles. The molecule has 0 aliphatic heterocycles. The van der Waals surface area contributed by atoms with Crippen molar-refractivity contribution >= 4 is 21.4 Å². The van der Waals surface area contributed by atoms with Gasteiger partial charge in [-0.3, -0.25) is 0 Å². The third kappa shape index (κ3) is 3.83. The Morgan fingerprint density at radius 3 is 2.94 bits per heavy atom. The van der Waals surface area contributed by atoms with Gasteiger partial charge in [0.15, 0.2) is 5.25 Å². The van der Waals surface area contributed by atoms with E-state index in [-0.39, 0.29) is 13.1 Å². The average molecular weight is 283 g/mol.